The SMILES string of the molecule is CC1CCc2c(C(=O)O)nc(C3CCCCC3)n2C1. The van der Waals surface area contributed by atoms with Crippen LogP contribution in [0.5, 0.6) is 0 Å². The molecule has 0 spiro atoms. The molecule has 1 saturated carbocycles. The molecule has 0 bridgehead atoms. The summed E-state index contributed by atoms with van der Waals surface area (Å²) in [5.41, 5.74) is 1.28. The van der Waals surface area contributed by atoms with E-state index in [9.17, 15) is 9.90 Å². The van der Waals surface area contributed by atoms with Crippen LogP contribution < -0.4 is 0 Å². The molecule has 1 aliphatic carbocycles. The third kappa shape index (κ3) is 2.28. The van der Waals surface area contributed by atoms with Crippen molar-refractivity contribution < 1.29 is 9.90 Å². The molecule has 2 aliphatic rings. The van der Waals surface area contributed by atoms with Gasteiger partial charge < -0.3 is 9.67 Å². The van der Waals surface area contributed by atoms with E-state index in [1.54, 1.807) is 0 Å². The van der Waals surface area contributed by atoms with E-state index in [0.717, 1.165) is 30.9 Å². The van der Waals surface area contributed by atoms with E-state index in [-0.39, 0.29) is 0 Å². The van der Waals surface area contributed by atoms with Crippen LogP contribution in [0.2, 0.25) is 0 Å². The largest absolute Gasteiger partial charge is 0.476 e. The second kappa shape index (κ2) is 4.99. The Bertz CT molecular complexity index is 487. The maximum Gasteiger partial charge on any atom is 0.356 e. The highest BCUT2D eigenvalue weighted by Gasteiger charge is 2.30. The monoisotopic (exact) mass is 262 g/mol. The van der Waals surface area contributed by atoms with Crippen molar-refractivity contribution >= 4 is 5.97 Å². The molecule has 4 nitrogen and oxygen atoms in total. The summed E-state index contributed by atoms with van der Waals surface area (Å²) in [6.45, 7) is 3.19. The lowest BCUT2D eigenvalue weighted by atomic mass is 9.88. The number of imidazole rings is 1. The van der Waals surface area contributed by atoms with Gasteiger partial charge in [-0.1, -0.05) is 26.2 Å². The molecule has 1 N–H and O–H groups in total. The molecule has 3 rings (SSSR count). The Labute approximate surface area is 113 Å². The Morgan fingerprint density at radius 1 is 1.26 bits per heavy atom. The van der Waals surface area contributed by atoms with Crippen LogP contribution >= 0.6 is 0 Å². The molecule has 4 heteroatoms. The van der Waals surface area contributed by atoms with Crippen molar-refractivity contribution in [2.45, 2.75) is 64.3 Å². The third-order valence-corrected chi connectivity index (χ3v) is 4.64. The van der Waals surface area contributed by atoms with Crippen LogP contribution in [-0.2, 0) is 13.0 Å². The Kier molecular flexibility index (Phi) is 3.33. The summed E-state index contributed by atoms with van der Waals surface area (Å²) in [4.78, 5) is 15.9. The number of fused-ring (bicyclic) bond motifs is 1. The summed E-state index contributed by atoms with van der Waals surface area (Å²) >= 11 is 0. The van der Waals surface area contributed by atoms with Gasteiger partial charge in [0.25, 0.3) is 0 Å². The van der Waals surface area contributed by atoms with Gasteiger partial charge in [0.15, 0.2) is 5.69 Å². The molecule has 1 atom stereocenters. The highest BCUT2D eigenvalue weighted by Crippen LogP contribution is 2.35. The van der Waals surface area contributed by atoms with E-state index in [1.807, 2.05) is 0 Å². The molecule has 1 aromatic heterocycles. The maximum absolute atomic E-state index is 11.4. The first-order valence-electron chi connectivity index (χ1n) is 7.49. The summed E-state index contributed by atoms with van der Waals surface area (Å²) in [6, 6.07) is 0. The predicted molar refractivity (Wildman–Crippen MR) is 72.5 cm³/mol. The maximum atomic E-state index is 11.4. The fourth-order valence-electron chi connectivity index (χ4n) is 3.59. The van der Waals surface area contributed by atoms with Gasteiger partial charge in [0.2, 0.25) is 0 Å². The van der Waals surface area contributed by atoms with E-state index in [2.05, 4.69) is 16.5 Å². The second-order valence-corrected chi connectivity index (χ2v) is 6.16. The average molecular weight is 262 g/mol. The van der Waals surface area contributed by atoms with E-state index in [0.29, 0.717) is 17.5 Å². The molecule has 0 radical (unpaired) electrons. The number of hydrogen-bond donors (Lipinski definition) is 1. The number of carboxylic acids is 1. The van der Waals surface area contributed by atoms with Crippen molar-refractivity contribution in [1.29, 1.82) is 0 Å². The topological polar surface area (TPSA) is 55.1 Å². The van der Waals surface area contributed by atoms with Crippen molar-refractivity contribution in [1.82, 2.24) is 9.55 Å². The van der Waals surface area contributed by atoms with Crippen LogP contribution in [0.25, 0.3) is 0 Å². The van der Waals surface area contributed by atoms with Gasteiger partial charge in [0.05, 0.1) is 5.69 Å². The highest BCUT2D eigenvalue weighted by molar-refractivity contribution is 5.87. The van der Waals surface area contributed by atoms with Crippen molar-refractivity contribution in [2.75, 3.05) is 0 Å². The minimum atomic E-state index is -0.861. The number of rotatable bonds is 2. The van der Waals surface area contributed by atoms with Gasteiger partial charge in [0.1, 0.15) is 5.82 Å². The molecule has 1 aromatic rings. The molecule has 2 heterocycles. The zero-order chi connectivity index (χ0) is 13.4. The molecule has 1 aliphatic heterocycles. The molecule has 0 aromatic carbocycles. The van der Waals surface area contributed by atoms with Gasteiger partial charge >= 0.3 is 5.97 Å². The summed E-state index contributed by atoms with van der Waals surface area (Å²) in [5.74, 6) is 1.30. The lowest BCUT2D eigenvalue weighted by molar-refractivity contribution is 0.0689. The van der Waals surface area contributed by atoms with Crippen LogP contribution in [0, 0.1) is 5.92 Å². The summed E-state index contributed by atoms with van der Waals surface area (Å²) in [5, 5.41) is 9.34. The van der Waals surface area contributed by atoms with Gasteiger partial charge in [-0.3, -0.25) is 0 Å². The minimum Gasteiger partial charge on any atom is -0.476 e. The number of carboxylic acid groups (broad SMARTS) is 1. The number of aromatic nitrogens is 2. The zero-order valence-electron chi connectivity index (χ0n) is 11.6. The van der Waals surface area contributed by atoms with Crippen molar-refractivity contribution in [2.24, 2.45) is 5.92 Å². The van der Waals surface area contributed by atoms with Gasteiger partial charge in [0, 0.05) is 12.5 Å². The van der Waals surface area contributed by atoms with Gasteiger partial charge in [-0.2, -0.15) is 0 Å². The second-order valence-electron chi connectivity index (χ2n) is 6.16. The predicted octanol–water partition coefficient (Wildman–Crippen LogP) is 3.21. The van der Waals surface area contributed by atoms with Crippen molar-refractivity contribution in [3.63, 3.8) is 0 Å². The first-order valence-corrected chi connectivity index (χ1v) is 7.49. The van der Waals surface area contributed by atoms with E-state index in [1.165, 1.54) is 32.1 Å². The van der Waals surface area contributed by atoms with Crippen LogP contribution in [0.4, 0.5) is 0 Å². The Hall–Kier alpha value is -1.32. The Morgan fingerprint density at radius 3 is 2.68 bits per heavy atom. The molecule has 0 amide bonds. The molecule has 19 heavy (non-hydrogen) atoms. The van der Waals surface area contributed by atoms with Crippen LogP contribution in [0.3, 0.4) is 0 Å². The molecule has 1 fully saturated rings. The summed E-state index contributed by atoms with van der Waals surface area (Å²) in [7, 11) is 0. The van der Waals surface area contributed by atoms with E-state index >= 15 is 0 Å². The fraction of sp³-hybridized carbons (Fsp3) is 0.733. The van der Waals surface area contributed by atoms with Crippen LogP contribution in [0.1, 0.15) is 73.4 Å². The number of hydrogen-bond acceptors (Lipinski definition) is 2. The molecule has 104 valence electrons. The highest BCUT2D eigenvalue weighted by atomic mass is 16.4. The lowest BCUT2D eigenvalue weighted by Gasteiger charge is -2.27. The molecular formula is C15H22N2O2. The average Bonchev–Trinajstić information content (AvgIpc) is 2.78. The Morgan fingerprint density at radius 2 is 2.00 bits per heavy atom. The Balaban J connectivity index is 2.01. The minimum absolute atomic E-state index is 0.312. The first kappa shape index (κ1) is 12.7. The lowest BCUT2D eigenvalue weighted by Crippen LogP contribution is -2.22. The van der Waals surface area contributed by atoms with E-state index < -0.39 is 5.97 Å². The van der Waals surface area contributed by atoms with Crippen molar-refractivity contribution in [3.8, 4) is 0 Å². The number of carbonyl (C=O) groups is 1. The van der Waals surface area contributed by atoms with Crippen molar-refractivity contribution in [3.05, 3.63) is 17.2 Å². The van der Waals surface area contributed by atoms with Gasteiger partial charge in [-0.05, 0) is 31.6 Å². The fourth-order valence-corrected chi connectivity index (χ4v) is 3.59. The zero-order valence-corrected chi connectivity index (χ0v) is 11.6. The van der Waals surface area contributed by atoms with Crippen LogP contribution in [0.15, 0.2) is 0 Å². The number of nitrogens with zero attached hydrogens (tertiary/aromatic N) is 2. The van der Waals surface area contributed by atoms with Crippen LogP contribution in [-0.4, -0.2) is 20.6 Å². The summed E-state index contributed by atoms with van der Waals surface area (Å²) < 4.78 is 2.23. The first-order chi connectivity index (χ1) is 9.16. The smallest absolute Gasteiger partial charge is 0.356 e. The molecule has 1 unspecified atom stereocenters. The standard InChI is InChI=1S/C15H22N2O2/c1-10-7-8-12-13(15(18)19)16-14(17(12)9-10)11-5-3-2-4-6-11/h10-11H,2-9H2,1H3,(H,18,19). The molecular weight excluding hydrogens is 240 g/mol. The summed E-state index contributed by atoms with van der Waals surface area (Å²) in [6.07, 6.45) is 8.11. The van der Waals surface area contributed by atoms with Gasteiger partial charge in [-0.15, -0.1) is 0 Å². The molecule has 0 saturated heterocycles. The van der Waals surface area contributed by atoms with E-state index in [4.69, 9.17) is 0 Å². The quantitative estimate of drug-likeness (QED) is 0.890. The van der Waals surface area contributed by atoms with Gasteiger partial charge in [-0.25, -0.2) is 9.78 Å². The third-order valence-electron chi connectivity index (χ3n) is 4.64. The normalized spacial score (nSPS) is 24.2. The number of aromatic carboxylic acids is 1.